The second kappa shape index (κ2) is 7.20. The molecule has 5 nitrogen and oxygen atoms in total. The average Bonchev–Trinajstić information content (AvgIpc) is 2.42. The molecule has 0 aromatic heterocycles. The van der Waals surface area contributed by atoms with Gasteiger partial charge < -0.3 is 4.90 Å². The predicted octanol–water partition coefficient (Wildman–Crippen LogP) is 3.02. The number of piperazine rings is 1. The van der Waals surface area contributed by atoms with Crippen molar-refractivity contribution in [3.8, 4) is 0 Å². The molecule has 1 aromatic carbocycles. The Hall–Kier alpha value is -1.17. The van der Waals surface area contributed by atoms with Gasteiger partial charge in [0.2, 0.25) is 0 Å². The minimum absolute atomic E-state index is 0.104. The van der Waals surface area contributed by atoms with Crippen LogP contribution in [-0.4, -0.2) is 47.4 Å². The molecule has 0 spiro atoms. The lowest BCUT2D eigenvalue weighted by atomic mass is 10.1. The fourth-order valence-corrected chi connectivity index (χ4v) is 2.86. The Bertz CT molecular complexity index is 500. The normalized spacial score (nSPS) is 17.3. The topological polar surface area (TPSA) is 49.6 Å². The summed E-state index contributed by atoms with van der Waals surface area (Å²) in [5.41, 5.74) is 0.941. The maximum absolute atomic E-state index is 10.8. The van der Waals surface area contributed by atoms with Crippen molar-refractivity contribution >= 4 is 17.3 Å². The highest BCUT2D eigenvalue weighted by molar-refractivity contribution is 6.31. The first-order valence-corrected chi connectivity index (χ1v) is 7.71. The molecule has 1 aliphatic rings. The van der Waals surface area contributed by atoms with Crippen molar-refractivity contribution in [2.45, 2.75) is 20.4 Å². The van der Waals surface area contributed by atoms with Gasteiger partial charge in [0.05, 0.1) is 4.92 Å². The summed E-state index contributed by atoms with van der Waals surface area (Å²) >= 11 is 6.16. The largest absolute Gasteiger partial charge is 0.301 e. The number of non-ortho nitro benzene ring substituents is 1. The molecule has 0 amide bonds. The van der Waals surface area contributed by atoms with Gasteiger partial charge in [0.1, 0.15) is 0 Å². The third-order valence-electron chi connectivity index (χ3n) is 3.72. The molecule has 0 radical (unpaired) electrons. The first-order chi connectivity index (χ1) is 9.95. The van der Waals surface area contributed by atoms with Gasteiger partial charge in [-0.3, -0.25) is 15.0 Å². The van der Waals surface area contributed by atoms with Gasteiger partial charge in [-0.15, -0.1) is 0 Å². The van der Waals surface area contributed by atoms with E-state index in [4.69, 9.17) is 11.6 Å². The van der Waals surface area contributed by atoms with Crippen molar-refractivity contribution in [2.75, 3.05) is 32.7 Å². The van der Waals surface area contributed by atoms with Crippen molar-refractivity contribution in [1.82, 2.24) is 9.80 Å². The van der Waals surface area contributed by atoms with Gasteiger partial charge in [0.25, 0.3) is 5.69 Å². The minimum atomic E-state index is -0.375. The van der Waals surface area contributed by atoms with E-state index in [2.05, 4.69) is 23.6 Å². The zero-order valence-corrected chi connectivity index (χ0v) is 13.3. The number of hydrogen-bond donors (Lipinski definition) is 0. The predicted molar refractivity (Wildman–Crippen MR) is 84.7 cm³/mol. The lowest BCUT2D eigenvalue weighted by molar-refractivity contribution is -0.384. The third kappa shape index (κ3) is 4.66. The molecule has 0 bridgehead atoms. The molecular formula is C15H22ClN3O2. The van der Waals surface area contributed by atoms with Crippen LogP contribution in [0.1, 0.15) is 19.4 Å². The lowest BCUT2D eigenvalue weighted by Gasteiger charge is -2.35. The van der Waals surface area contributed by atoms with E-state index >= 15 is 0 Å². The summed E-state index contributed by atoms with van der Waals surface area (Å²) in [6.07, 6.45) is 0. The molecule has 1 aliphatic heterocycles. The van der Waals surface area contributed by atoms with Crippen molar-refractivity contribution < 1.29 is 4.92 Å². The fraction of sp³-hybridized carbons (Fsp3) is 0.600. The van der Waals surface area contributed by atoms with E-state index in [1.54, 1.807) is 12.1 Å². The molecule has 1 saturated heterocycles. The van der Waals surface area contributed by atoms with E-state index in [0.717, 1.165) is 38.3 Å². The van der Waals surface area contributed by atoms with Gasteiger partial charge in [0.15, 0.2) is 0 Å². The Labute approximate surface area is 130 Å². The quantitative estimate of drug-likeness (QED) is 0.619. The van der Waals surface area contributed by atoms with Crippen LogP contribution in [-0.2, 0) is 6.54 Å². The Morgan fingerprint density at radius 2 is 1.86 bits per heavy atom. The van der Waals surface area contributed by atoms with E-state index in [0.29, 0.717) is 17.5 Å². The van der Waals surface area contributed by atoms with Crippen molar-refractivity contribution in [3.63, 3.8) is 0 Å². The number of rotatable bonds is 5. The Balaban J connectivity index is 1.94. The van der Waals surface area contributed by atoms with E-state index in [1.165, 1.54) is 6.07 Å². The van der Waals surface area contributed by atoms with E-state index < -0.39 is 0 Å². The number of benzene rings is 1. The van der Waals surface area contributed by atoms with Crippen LogP contribution in [0, 0.1) is 16.0 Å². The van der Waals surface area contributed by atoms with Gasteiger partial charge in [-0.1, -0.05) is 25.4 Å². The number of nitrogens with zero attached hydrogens (tertiary/aromatic N) is 3. The van der Waals surface area contributed by atoms with E-state index in [9.17, 15) is 10.1 Å². The highest BCUT2D eigenvalue weighted by Crippen LogP contribution is 2.23. The van der Waals surface area contributed by atoms with Gasteiger partial charge in [-0.2, -0.15) is 0 Å². The van der Waals surface area contributed by atoms with Crippen LogP contribution in [0.5, 0.6) is 0 Å². The molecule has 0 N–H and O–H groups in total. The molecule has 1 fully saturated rings. The smallest absolute Gasteiger partial charge is 0.269 e. The fourth-order valence-electron chi connectivity index (χ4n) is 2.68. The van der Waals surface area contributed by atoms with Gasteiger partial charge in [0, 0.05) is 56.4 Å². The second-order valence-corrected chi connectivity index (χ2v) is 6.41. The zero-order valence-electron chi connectivity index (χ0n) is 12.6. The highest BCUT2D eigenvalue weighted by atomic mass is 35.5. The summed E-state index contributed by atoms with van der Waals surface area (Å²) in [4.78, 5) is 15.2. The first-order valence-electron chi connectivity index (χ1n) is 7.33. The summed E-state index contributed by atoms with van der Waals surface area (Å²) in [6.45, 7) is 10.3. The first kappa shape index (κ1) is 16.2. The maximum Gasteiger partial charge on any atom is 0.269 e. The lowest BCUT2D eigenvalue weighted by Crippen LogP contribution is -2.46. The average molecular weight is 312 g/mol. The molecule has 0 aliphatic carbocycles. The van der Waals surface area contributed by atoms with Gasteiger partial charge in [-0.25, -0.2) is 0 Å². The third-order valence-corrected chi connectivity index (χ3v) is 4.09. The van der Waals surface area contributed by atoms with Crippen LogP contribution in [0.25, 0.3) is 0 Å². The number of nitro groups is 1. The molecule has 6 heteroatoms. The Kier molecular flexibility index (Phi) is 5.56. The van der Waals surface area contributed by atoms with E-state index in [-0.39, 0.29) is 10.6 Å². The number of hydrogen-bond acceptors (Lipinski definition) is 4. The van der Waals surface area contributed by atoms with Crippen molar-refractivity contribution in [3.05, 3.63) is 38.9 Å². The molecule has 2 rings (SSSR count). The molecular weight excluding hydrogens is 290 g/mol. The van der Waals surface area contributed by atoms with E-state index in [1.807, 2.05) is 0 Å². The standard InChI is InChI=1S/C15H22ClN3O2/c1-12(2)10-17-5-7-18(8-6-17)11-13-9-14(19(20)21)3-4-15(13)16/h3-4,9,12H,5-8,10-11H2,1-2H3. The summed E-state index contributed by atoms with van der Waals surface area (Å²) in [5, 5.41) is 11.4. The second-order valence-electron chi connectivity index (χ2n) is 6.00. The van der Waals surface area contributed by atoms with Crippen LogP contribution in [0.15, 0.2) is 18.2 Å². The molecule has 0 unspecified atom stereocenters. The molecule has 0 atom stereocenters. The SMILES string of the molecule is CC(C)CN1CCN(Cc2cc([N+](=O)[O-])ccc2Cl)CC1. The van der Waals surface area contributed by atoms with Gasteiger partial charge >= 0.3 is 0 Å². The molecule has 116 valence electrons. The van der Waals surface area contributed by atoms with Gasteiger partial charge in [-0.05, 0) is 17.5 Å². The molecule has 1 heterocycles. The number of halogens is 1. The maximum atomic E-state index is 10.8. The van der Waals surface area contributed by atoms with Crippen LogP contribution < -0.4 is 0 Å². The molecule has 21 heavy (non-hydrogen) atoms. The summed E-state index contributed by atoms with van der Waals surface area (Å²) in [7, 11) is 0. The minimum Gasteiger partial charge on any atom is -0.301 e. The summed E-state index contributed by atoms with van der Waals surface area (Å²) < 4.78 is 0. The molecule has 1 aromatic rings. The van der Waals surface area contributed by atoms with Crippen LogP contribution in [0.3, 0.4) is 0 Å². The van der Waals surface area contributed by atoms with Crippen molar-refractivity contribution in [2.24, 2.45) is 5.92 Å². The zero-order chi connectivity index (χ0) is 15.4. The summed E-state index contributed by atoms with van der Waals surface area (Å²) in [6, 6.07) is 4.65. The Morgan fingerprint density at radius 1 is 1.24 bits per heavy atom. The van der Waals surface area contributed by atoms with Crippen molar-refractivity contribution in [1.29, 1.82) is 0 Å². The highest BCUT2D eigenvalue weighted by Gasteiger charge is 2.19. The molecule has 0 saturated carbocycles. The van der Waals surface area contributed by atoms with Crippen LogP contribution in [0.2, 0.25) is 5.02 Å². The van der Waals surface area contributed by atoms with Crippen LogP contribution in [0.4, 0.5) is 5.69 Å². The van der Waals surface area contributed by atoms with Crippen LogP contribution >= 0.6 is 11.6 Å². The monoisotopic (exact) mass is 311 g/mol. The summed E-state index contributed by atoms with van der Waals surface area (Å²) in [5.74, 6) is 0.683. The Morgan fingerprint density at radius 3 is 2.43 bits per heavy atom. The number of nitro benzene ring substituents is 1.